The molecule has 2 fully saturated rings. The predicted molar refractivity (Wildman–Crippen MR) is 103 cm³/mol. The van der Waals surface area contributed by atoms with Gasteiger partial charge in [-0.15, -0.1) is 0 Å². The SMILES string of the molecule is O=C1CN(c2cc3nccnc3c(NC[C@H]3CCCN(C(=O)O)C3)n2)CCN1. The zero-order valence-electron chi connectivity index (χ0n) is 15.5. The van der Waals surface area contributed by atoms with E-state index < -0.39 is 6.09 Å². The van der Waals surface area contributed by atoms with Crippen molar-refractivity contribution in [2.75, 3.05) is 49.5 Å². The van der Waals surface area contributed by atoms with Crippen LogP contribution in [0.5, 0.6) is 0 Å². The topological polar surface area (TPSA) is 124 Å². The van der Waals surface area contributed by atoms with Crippen LogP contribution >= 0.6 is 0 Å². The summed E-state index contributed by atoms with van der Waals surface area (Å²) in [6, 6.07) is 1.85. The molecule has 2 aliphatic heterocycles. The van der Waals surface area contributed by atoms with E-state index in [0.717, 1.165) is 12.8 Å². The molecule has 2 aliphatic rings. The van der Waals surface area contributed by atoms with Gasteiger partial charge in [0.1, 0.15) is 11.3 Å². The number of rotatable bonds is 4. The Morgan fingerprint density at radius 2 is 2.18 bits per heavy atom. The van der Waals surface area contributed by atoms with Gasteiger partial charge in [0.05, 0.1) is 12.1 Å². The van der Waals surface area contributed by atoms with E-state index in [1.54, 1.807) is 12.4 Å². The summed E-state index contributed by atoms with van der Waals surface area (Å²) in [5.74, 6) is 1.47. The van der Waals surface area contributed by atoms with E-state index in [-0.39, 0.29) is 18.4 Å². The van der Waals surface area contributed by atoms with Crippen LogP contribution in [0.1, 0.15) is 12.8 Å². The highest BCUT2D eigenvalue weighted by Gasteiger charge is 2.24. The van der Waals surface area contributed by atoms with E-state index in [4.69, 9.17) is 4.98 Å². The molecular formula is C18H23N7O3. The lowest BCUT2D eigenvalue weighted by molar-refractivity contribution is -0.120. The first kappa shape index (κ1) is 18.2. The number of carboxylic acid groups (broad SMARTS) is 1. The largest absolute Gasteiger partial charge is 0.465 e. The normalized spacial score (nSPS) is 20.1. The van der Waals surface area contributed by atoms with Crippen LogP contribution in [0.25, 0.3) is 11.0 Å². The summed E-state index contributed by atoms with van der Waals surface area (Å²) >= 11 is 0. The fraction of sp³-hybridized carbons (Fsp3) is 0.500. The van der Waals surface area contributed by atoms with Crippen LogP contribution < -0.4 is 15.5 Å². The van der Waals surface area contributed by atoms with Gasteiger partial charge < -0.3 is 25.5 Å². The highest BCUT2D eigenvalue weighted by Crippen LogP contribution is 2.25. The van der Waals surface area contributed by atoms with Gasteiger partial charge in [-0.25, -0.2) is 14.8 Å². The van der Waals surface area contributed by atoms with E-state index >= 15 is 0 Å². The lowest BCUT2D eigenvalue weighted by Crippen LogP contribution is -2.48. The number of nitrogens with one attached hydrogen (secondary N) is 2. The second-order valence-corrected chi connectivity index (χ2v) is 7.14. The van der Waals surface area contributed by atoms with E-state index in [9.17, 15) is 14.7 Å². The number of hydrogen-bond donors (Lipinski definition) is 3. The van der Waals surface area contributed by atoms with Gasteiger partial charge in [0, 0.05) is 51.2 Å². The summed E-state index contributed by atoms with van der Waals surface area (Å²) in [5, 5.41) is 15.4. The average molecular weight is 385 g/mol. The predicted octanol–water partition coefficient (Wildman–Crippen LogP) is 0.763. The second kappa shape index (κ2) is 7.83. The average Bonchev–Trinajstić information content (AvgIpc) is 2.72. The summed E-state index contributed by atoms with van der Waals surface area (Å²) < 4.78 is 0. The number of hydrogen-bond acceptors (Lipinski definition) is 7. The summed E-state index contributed by atoms with van der Waals surface area (Å²) in [4.78, 5) is 39.8. The highest BCUT2D eigenvalue weighted by molar-refractivity contribution is 5.89. The summed E-state index contributed by atoms with van der Waals surface area (Å²) in [5.41, 5.74) is 1.37. The molecule has 0 aromatic carbocycles. The number of amides is 2. The van der Waals surface area contributed by atoms with Gasteiger partial charge >= 0.3 is 6.09 Å². The van der Waals surface area contributed by atoms with Crippen LogP contribution in [0, 0.1) is 5.92 Å². The third-order valence-electron chi connectivity index (χ3n) is 5.15. The molecule has 2 saturated heterocycles. The first-order valence-electron chi connectivity index (χ1n) is 9.45. The summed E-state index contributed by atoms with van der Waals surface area (Å²) in [6.07, 6.45) is 4.20. The number of carbonyl (C=O) groups excluding carboxylic acids is 1. The molecule has 2 aromatic heterocycles. The van der Waals surface area contributed by atoms with Crippen molar-refractivity contribution in [1.82, 2.24) is 25.2 Å². The first-order chi connectivity index (χ1) is 13.6. The number of aromatic nitrogens is 3. The number of fused-ring (bicyclic) bond motifs is 1. The molecule has 28 heavy (non-hydrogen) atoms. The molecule has 10 heteroatoms. The fourth-order valence-electron chi connectivity index (χ4n) is 3.72. The van der Waals surface area contributed by atoms with E-state index in [0.29, 0.717) is 55.4 Å². The third kappa shape index (κ3) is 3.90. The van der Waals surface area contributed by atoms with Gasteiger partial charge in [-0.3, -0.25) is 9.78 Å². The van der Waals surface area contributed by atoms with Crippen molar-refractivity contribution in [3.05, 3.63) is 18.5 Å². The number of likely N-dealkylation sites (tertiary alicyclic amines) is 1. The van der Waals surface area contributed by atoms with Crippen LogP contribution in [-0.2, 0) is 4.79 Å². The monoisotopic (exact) mass is 385 g/mol. The van der Waals surface area contributed by atoms with Crippen molar-refractivity contribution < 1.29 is 14.7 Å². The number of nitrogens with zero attached hydrogens (tertiary/aromatic N) is 5. The smallest absolute Gasteiger partial charge is 0.407 e. The molecule has 1 atom stereocenters. The number of carbonyl (C=O) groups is 2. The van der Waals surface area contributed by atoms with Crippen molar-refractivity contribution in [3.63, 3.8) is 0 Å². The first-order valence-corrected chi connectivity index (χ1v) is 9.45. The quantitative estimate of drug-likeness (QED) is 0.705. The minimum absolute atomic E-state index is 0.0298. The fourth-order valence-corrected chi connectivity index (χ4v) is 3.72. The van der Waals surface area contributed by atoms with Crippen LogP contribution in [0.3, 0.4) is 0 Å². The lowest BCUT2D eigenvalue weighted by atomic mass is 9.98. The highest BCUT2D eigenvalue weighted by atomic mass is 16.4. The Balaban J connectivity index is 1.55. The summed E-state index contributed by atoms with van der Waals surface area (Å²) in [7, 11) is 0. The minimum atomic E-state index is -0.871. The van der Waals surface area contributed by atoms with Crippen molar-refractivity contribution in [2.45, 2.75) is 12.8 Å². The summed E-state index contributed by atoms with van der Waals surface area (Å²) in [6.45, 7) is 3.22. The lowest BCUT2D eigenvalue weighted by Gasteiger charge is -2.31. The maximum absolute atomic E-state index is 11.7. The van der Waals surface area contributed by atoms with Gasteiger partial charge in [0.25, 0.3) is 0 Å². The molecule has 10 nitrogen and oxygen atoms in total. The number of pyridine rings is 1. The van der Waals surface area contributed by atoms with Crippen LogP contribution in [0.15, 0.2) is 18.5 Å². The number of anilines is 2. The molecule has 2 amide bonds. The van der Waals surface area contributed by atoms with Gasteiger partial charge in [0.2, 0.25) is 5.91 Å². The molecule has 2 aromatic rings. The van der Waals surface area contributed by atoms with E-state index in [1.165, 1.54) is 4.90 Å². The van der Waals surface area contributed by atoms with Crippen LogP contribution in [0.4, 0.5) is 16.4 Å². The third-order valence-corrected chi connectivity index (χ3v) is 5.15. The number of piperidine rings is 1. The van der Waals surface area contributed by atoms with Crippen molar-refractivity contribution in [1.29, 1.82) is 0 Å². The minimum Gasteiger partial charge on any atom is -0.465 e. The molecule has 0 aliphatic carbocycles. The van der Waals surface area contributed by atoms with Gasteiger partial charge in [0.15, 0.2) is 5.82 Å². The maximum Gasteiger partial charge on any atom is 0.407 e. The Morgan fingerprint density at radius 3 is 3.00 bits per heavy atom. The molecule has 4 rings (SSSR count). The molecule has 148 valence electrons. The Labute approximate surface area is 162 Å². The molecular weight excluding hydrogens is 362 g/mol. The van der Waals surface area contributed by atoms with Crippen molar-refractivity contribution >= 4 is 34.7 Å². The standard InChI is InChI=1S/C18H23N7O3/c26-15-11-24(7-5-20-15)14-8-13-16(21-4-3-19-13)17(23-14)22-9-12-2-1-6-25(10-12)18(27)28/h3-4,8,12H,1-2,5-7,9-11H2,(H,20,26)(H,22,23)(H,27,28)/t12-/m1/s1. The maximum atomic E-state index is 11.7. The molecule has 0 bridgehead atoms. The van der Waals surface area contributed by atoms with Crippen molar-refractivity contribution in [3.8, 4) is 0 Å². The molecule has 0 radical (unpaired) electrons. The second-order valence-electron chi connectivity index (χ2n) is 7.14. The Bertz CT molecular complexity index is 891. The van der Waals surface area contributed by atoms with Gasteiger partial charge in [-0.05, 0) is 18.8 Å². The molecule has 3 N–H and O–H groups in total. The van der Waals surface area contributed by atoms with E-state index in [2.05, 4.69) is 20.6 Å². The zero-order chi connectivity index (χ0) is 19.5. The molecule has 4 heterocycles. The molecule has 0 saturated carbocycles. The van der Waals surface area contributed by atoms with Crippen LogP contribution in [0.2, 0.25) is 0 Å². The molecule has 0 spiro atoms. The van der Waals surface area contributed by atoms with Gasteiger partial charge in [-0.1, -0.05) is 0 Å². The molecule has 0 unspecified atom stereocenters. The van der Waals surface area contributed by atoms with E-state index in [1.807, 2.05) is 11.0 Å². The zero-order valence-corrected chi connectivity index (χ0v) is 15.5. The number of piperazine rings is 1. The van der Waals surface area contributed by atoms with Gasteiger partial charge in [-0.2, -0.15) is 0 Å². The Kier molecular flexibility index (Phi) is 5.09. The Morgan fingerprint density at radius 1 is 1.32 bits per heavy atom. The van der Waals surface area contributed by atoms with Crippen LogP contribution in [-0.4, -0.2) is 76.2 Å². The Hall–Kier alpha value is -3.17. The van der Waals surface area contributed by atoms with Crippen molar-refractivity contribution in [2.24, 2.45) is 5.92 Å².